The molecule has 1 aliphatic rings. The number of likely N-dealkylation sites (tertiary alicyclic amines) is 1. The lowest BCUT2D eigenvalue weighted by molar-refractivity contribution is 0.0776. The van der Waals surface area contributed by atoms with Gasteiger partial charge in [-0.15, -0.1) is 0 Å². The number of benzene rings is 1. The minimum absolute atomic E-state index is 0.0176. The van der Waals surface area contributed by atoms with Crippen LogP contribution in [0.25, 0.3) is 10.9 Å². The van der Waals surface area contributed by atoms with Crippen LogP contribution in [0, 0.1) is 5.92 Å². The van der Waals surface area contributed by atoms with Crippen molar-refractivity contribution in [2.75, 3.05) is 19.7 Å². The van der Waals surface area contributed by atoms with Gasteiger partial charge < -0.3 is 15.0 Å². The number of aryl methyl sites for hydroxylation is 1. The summed E-state index contributed by atoms with van der Waals surface area (Å²) in [7, 11) is 1.87. The first kappa shape index (κ1) is 15.0. The zero-order valence-electron chi connectivity index (χ0n) is 13.5. The molecule has 2 N–H and O–H groups in total. The highest BCUT2D eigenvalue weighted by Gasteiger charge is 2.37. The summed E-state index contributed by atoms with van der Waals surface area (Å²) in [6.07, 6.45) is 3.79. The second-order valence-corrected chi connectivity index (χ2v) is 6.48. The minimum atomic E-state index is -0.0176. The second-order valence-electron chi connectivity index (χ2n) is 6.48. The summed E-state index contributed by atoms with van der Waals surface area (Å²) in [6, 6.07) is 9.75. The van der Waals surface area contributed by atoms with Crippen molar-refractivity contribution >= 4 is 16.8 Å². The number of carbonyl (C=O) groups is 1. The molecule has 0 spiro atoms. The van der Waals surface area contributed by atoms with Crippen molar-refractivity contribution in [2.45, 2.75) is 5.92 Å². The molecule has 6 nitrogen and oxygen atoms in total. The molecule has 1 fully saturated rings. The number of para-hydroxylation sites is 1. The maximum Gasteiger partial charge on any atom is 0.270 e. The Labute approximate surface area is 139 Å². The molecule has 1 aromatic carbocycles. The fraction of sp³-hybridized carbons (Fsp3) is 0.333. The van der Waals surface area contributed by atoms with Crippen molar-refractivity contribution in [1.29, 1.82) is 0 Å². The molecule has 0 aliphatic carbocycles. The Morgan fingerprint density at radius 1 is 1.38 bits per heavy atom. The van der Waals surface area contributed by atoms with Crippen molar-refractivity contribution in [3.8, 4) is 0 Å². The third kappa shape index (κ3) is 2.49. The average Bonchev–Trinajstić information content (AvgIpc) is 3.30. The van der Waals surface area contributed by atoms with Gasteiger partial charge in [-0.3, -0.25) is 9.48 Å². The number of aliphatic hydroxyl groups is 1. The van der Waals surface area contributed by atoms with Crippen LogP contribution < -0.4 is 0 Å². The van der Waals surface area contributed by atoms with Gasteiger partial charge in [-0.1, -0.05) is 18.2 Å². The fourth-order valence-electron chi connectivity index (χ4n) is 3.59. The summed E-state index contributed by atoms with van der Waals surface area (Å²) in [6.45, 7) is 1.23. The normalized spacial score (nSPS) is 20.8. The molecule has 1 aliphatic heterocycles. The van der Waals surface area contributed by atoms with Gasteiger partial charge >= 0.3 is 0 Å². The highest BCUT2D eigenvalue weighted by molar-refractivity contribution is 5.98. The number of aliphatic hydroxyl groups excluding tert-OH is 1. The van der Waals surface area contributed by atoms with Gasteiger partial charge in [0.25, 0.3) is 5.91 Å². The van der Waals surface area contributed by atoms with Gasteiger partial charge in [0.1, 0.15) is 5.69 Å². The van der Waals surface area contributed by atoms with Crippen LogP contribution in [0.3, 0.4) is 0 Å². The molecule has 2 atom stereocenters. The smallest absolute Gasteiger partial charge is 0.270 e. The van der Waals surface area contributed by atoms with Crippen LogP contribution in [-0.4, -0.2) is 50.4 Å². The van der Waals surface area contributed by atoms with Crippen LogP contribution in [-0.2, 0) is 7.05 Å². The summed E-state index contributed by atoms with van der Waals surface area (Å²) in [5.41, 5.74) is 2.63. The van der Waals surface area contributed by atoms with E-state index in [1.54, 1.807) is 4.68 Å². The van der Waals surface area contributed by atoms with Crippen LogP contribution in [0.1, 0.15) is 22.0 Å². The Kier molecular flexibility index (Phi) is 3.61. The van der Waals surface area contributed by atoms with Crippen molar-refractivity contribution in [1.82, 2.24) is 19.7 Å². The van der Waals surface area contributed by atoms with E-state index < -0.39 is 0 Å². The molecular formula is C18H20N4O2. The van der Waals surface area contributed by atoms with Crippen molar-refractivity contribution in [3.05, 3.63) is 54.0 Å². The van der Waals surface area contributed by atoms with Gasteiger partial charge in [0.15, 0.2) is 0 Å². The van der Waals surface area contributed by atoms with E-state index in [0.29, 0.717) is 18.8 Å². The molecule has 3 heterocycles. The summed E-state index contributed by atoms with van der Waals surface area (Å²) in [5, 5.41) is 15.0. The summed E-state index contributed by atoms with van der Waals surface area (Å²) in [5.74, 6) is 0.149. The van der Waals surface area contributed by atoms with Crippen molar-refractivity contribution in [3.63, 3.8) is 0 Å². The molecule has 6 heteroatoms. The molecule has 1 amide bonds. The lowest BCUT2D eigenvalue weighted by Crippen LogP contribution is -2.29. The molecule has 24 heavy (non-hydrogen) atoms. The van der Waals surface area contributed by atoms with Crippen molar-refractivity contribution in [2.24, 2.45) is 13.0 Å². The molecule has 0 radical (unpaired) electrons. The van der Waals surface area contributed by atoms with Gasteiger partial charge in [-0.05, 0) is 17.7 Å². The van der Waals surface area contributed by atoms with E-state index in [-0.39, 0.29) is 24.3 Å². The van der Waals surface area contributed by atoms with E-state index in [0.717, 1.165) is 16.5 Å². The first-order valence-electron chi connectivity index (χ1n) is 8.12. The summed E-state index contributed by atoms with van der Waals surface area (Å²) >= 11 is 0. The summed E-state index contributed by atoms with van der Waals surface area (Å²) < 4.78 is 1.76. The number of amides is 1. The first-order valence-corrected chi connectivity index (χ1v) is 8.12. The standard InChI is InChI=1S/C18H20N4O2/c1-21-8-13(7-19-21)15-10-22(9-14(15)11-23)18(24)17-6-12-4-2-3-5-16(12)20-17/h2-8,14-15,20,23H,9-11H2,1H3/t14-,15-/m0/s1. The maximum absolute atomic E-state index is 12.9. The zero-order valence-corrected chi connectivity index (χ0v) is 13.5. The van der Waals surface area contributed by atoms with Crippen LogP contribution in [0.2, 0.25) is 0 Å². The van der Waals surface area contributed by atoms with Gasteiger partial charge in [0.2, 0.25) is 0 Å². The van der Waals surface area contributed by atoms with Crippen LogP contribution in [0.15, 0.2) is 42.7 Å². The van der Waals surface area contributed by atoms with Crippen LogP contribution in [0.4, 0.5) is 0 Å². The van der Waals surface area contributed by atoms with Crippen LogP contribution in [0.5, 0.6) is 0 Å². The predicted molar refractivity (Wildman–Crippen MR) is 90.7 cm³/mol. The van der Waals surface area contributed by atoms with Gasteiger partial charge in [-0.25, -0.2) is 0 Å². The number of rotatable bonds is 3. The highest BCUT2D eigenvalue weighted by Crippen LogP contribution is 2.33. The third-order valence-electron chi connectivity index (χ3n) is 4.88. The zero-order chi connectivity index (χ0) is 16.7. The van der Waals surface area contributed by atoms with E-state index in [1.807, 2.05) is 54.7 Å². The van der Waals surface area contributed by atoms with E-state index in [2.05, 4.69) is 10.1 Å². The molecule has 0 unspecified atom stereocenters. The molecule has 3 aromatic rings. The third-order valence-corrected chi connectivity index (χ3v) is 4.88. The Hall–Kier alpha value is -2.60. The number of H-pyrrole nitrogens is 1. The average molecular weight is 324 g/mol. The number of nitrogens with one attached hydrogen (secondary N) is 1. The lowest BCUT2D eigenvalue weighted by Gasteiger charge is -2.15. The molecule has 4 rings (SSSR count). The Bertz CT molecular complexity index is 849. The Morgan fingerprint density at radius 3 is 2.92 bits per heavy atom. The molecule has 1 saturated heterocycles. The number of hydrogen-bond acceptors (Lipinski definition) is 3. The molecule has 2 aromatic heterocycles. The van der Waals surface area contributed by atoms with E-state index >= 15 is 0 Å². The largest absolute Gasteiger partial charge is 0.396 e. The second kappa shape index (κ2) is 5.79. The first-order chi connectivity index (χ1) is 11.7. The van der Waals surface area contributed by atoms with E-state index in [1.165, 1.54) is 0 Å². The fourth-order valence-corrected chi connectivity index (χ4v) is 3.59. The maximum atomic E-state index is 12.9. The van der Waals surface area contributed by atoms with Crippen LogP contribution >= 0.6 is 0 Å². The quantitative estimate of drug-likeness (QED) is 0.771. The van der Waals surface area contributed by atoms with Gasteiger partial charge in [0.05, 0.1) is 6.20 Å². The van der Waals surface area contributed by atoms with Gasteiger partial charge in [0, 0.05) is 55.7 Å². The molecule has 124 valence electrons. The number of carbonyl (C=O) groups excluding carboxylic acids is 1. The van der Waals surface area contributed by atoms with Crippen molar-refractivity contribution < 1.29 is 9.90 Å². The monoisotopic (exact) mass is 324 g/mol. The lowest BCUT2D eigenvalue weighted by atomic mass is 9.92. The van der Waals surface area contributed by atoms with E-state index in [4.69, 9.17) is 0 Å². The molecule has 0 saturated carbocycles. The van der Waals surface area contributed by atoms with Gasteiger partial charge in [-0.2, -0.15) is 5.10 Å². The highest BCUT2D eigenvalue weighted by atomic mass is 16.3. The Balaban J connectivity index is 1.59. The SMILES string of the molecule is Cn1cc([C@@H]2CN(C(=O)c3cc4ccccc4[nH]3)C[C@H]2CO)cn1. The molecular weight excluding hydrogens is 304 g/mol. The predicted octanol–water partition coefficient (Wildman–Crippen LogP) is 1.75. The summed E-state index contributed by atoms with van der Waals surface area (Å²) in [4.78, 5) is 17.9. The number of aromatic nitrogens is 3. The Morgan fingerprint density at radius 2 is 2.21 bits per heavy atom. The molecule has 0 bridgehead atoms. The topological polar surface area (TPSA) is 74.2 Å². The number of fused-ring (bicyclic) bond motifs is 1. The number of hydrogen-bond donors (Lipinski definition) is 2. The number of nitrogens with zero attached hydrogens (tertiary/aromatic N) is 3. The van der Waals surface area contributed by atoms with E-state index in [9.17, 15) is 9.90 Å². The number of aromatic amines is 1. The minimum Gasteiger partial charge on any atom is -0.396 e.